The largest absolute Gasteiger partial charge is 0.481 e. The first-order valence-electron chi connectivity index (χ1n) is 16.3. The molecular formula is C37H41F2N5O3S. The highest BCUT2D eigenvalue weighted by Gasteiger charge is 2.35. The van der Waals surface area contributed by atoms with E-state index in [1.165, 1.54) is 0 Å². The van der Waals surface area contributed by atoms with E-state index in [1.807, 2.05) is 19.2 Å². The number of aromatic amines is 1. The van der Waals surface area contributed by atoms with Crippen molar-refractivity contribution in [2.45, 2.75) is 65.2 Å². The summed E-state index contributed by atoms with van der Waals surface area (Å²) < 4.78 is 38.7. The molecule has 48 heavy (non-hydrogen) atoms. The summed E-state index contributed by atoms with van der Waals surface area (Å²) in [4.78, 5) is 24.1. The normalized spacial score (nSPS) is 19.1. The maximum Gasteiger partial charge on any atom is 0.306 e. The molecule has 4 heterocycles. The van der Waals surface area contributed by atoms with Crippen molar-refractivity contribution in [2.75, 3.05) is 11.5 Å². The number of pyridine rings is 1. The minimum atomic E-state index is -1.03. The molecule has 0 saturated heterocycles. The Kier molecular flexibility index (Phi) is 9.35. The van der Waals surface area contributed by atoms with Gasteiger partial charge in [0.15, 0.2) is 23.2 Å². The van der Waals surface area contributed by atoms with Crippen molar-refractivity contribution in [3.05, 3.63) is 89.0 Å². The van der Waals surface area contributed by atoms with Crippen LogP contribution in [0, 0.1) is 23.0 Å². The number of thioether (sulfide) groups is 1. The smallest absolute Gasteiger partial charge is 0.306 e. The lowest BCUT2D eigenvalue weighted by atomic mass is 9.75. The quantitative estimate of drug-likeness (QED) is 0.197. The van der Waals surface area contributed by atoms with Crippen LogP contribution >= 0.6 is 11.8 Å². The molecule has 3 aromatic heterocycles. The first kappa shape index (κ1) is 33.6. The van der Waals surface area contributed by atoms with Gasteiger partial charge in [-0.1, -0.05) is 51.5 Å². The molecule has 8 nitrogen and oxygen atoms in total. The van der Waals surface area contributed by atoms with Gasteiger partial charge in [-0.15, -0.1) is 0 Å². The Balaban J connectivity index is 1.45. The summed E-state index contributed by atoms with van der Waals surface area (Å²) in [5, 5.41) is 15.0. The van der Waals surface area contributed by atoms with Crippen molar-refractivity contribution in [1.82, 2.24) is 24.7 Å². The van der Waals surface area contributed by atoms with E-state index in [9.17, 15) is 9.90 Å². The number of fused-ring (bicyclic) bond motifs is 8. The van der Waals surface area contributed by atoms with Gasteiger partial charge < -0.3 is 14.8 Å². The minimum Gasteiger partial charge on any atom is -0.481 e. The fraction of sp³-hybridized carbons (Fsp3) is 0.405. The molecule has 0 aliphatic carbocycles. The molecule has 0 radical (unpaired) electrons. The number of nitrogens with one attached hydrogen (secondary N) is 1. The topological polar surface area (TPSA) is 106 Å². The van der Waals surface area contributed by atoms with E-state index in [-0.39, 0.29) is 16.7 Å². The monoisotopic (exact) mass is 673 g/mol. The second kappa shape index (κ2) is 13.3. The number of aliphatic carboxylic acids is 1. The van der Waals surface area contributed by atoms with Crippen LogP contribution < -0.4 is 4.74 Å². The number of carbonyl (C=O) groups is 1. The zero-order valence-electron chi connectivity index (χ0n) is 27.9. The van der Waals surface area contributed by atoms with Crippen LogP contribution in [0.4, 0.5) is 8.78 Å². The molecule has 0 spiro atoms. The van der Waals surface area contributed by atoms with E-state index in [4.69, 9.17) is 14.8 Å². The summed E-state index contributed by atoms with van der Waals surface area (Å²) in [7, 11) is 1.81. The maximum atomic E-state index is 15.6. The van der Waals surface area contributed by atoms with Gasteiger partial charge in [0, 0.05) is 36.5 Å². The third-order valence-electron chi connectivity index (χ3n) is 9.44. The van der Waals surface area contributed by atoms with E-state index in [0.29, 0.717) is 52.6 Å². The number of carboxylic acid groups (broad SMARTS) is 1. The van der Waals surface area contributed by atoms with Crippen LogP contribution in [0.1, 0.15) is 69.5 Å². The van der Waals surface area contributed by atoms with Gasteiger partial charge in [-0.25, -0.2) is 14.1 Å². The molecule has 1 aliphatic heterocycles. The summed E-state index contributed by atoms with van der Waals surface area (Å²) in [6.45, 7) is 8.38. The summed E-state index contributed by atoms with van der Waals surface area (Å²) in [5.41, 5.74) is 2.62. The standard InChI is InChI=1S/C37H41F2N5O3S/c1-22(34(45)46)18-23-8-6-9-24(19-23)37(4)14-7-13-36(2,3)21-48-17-12-27-26-11-16-41-31(26)29(38)30(39)32(27)47-25-10-15-40-28(20-25)33-42-35(37)43-44(33)5/h6,8-11,15-16,19-20,22,41H,7,12-14,17-18,21H2,1-5H3,(H,45,46)/t22?,37-/m1/s1. The first-order chi connectivity index (χ1) is 22.9. The Morgan fingerprint density at radius 3 is 2.75 bits per heavy atom. The average Bonchev–Trinajstić information content (AvgIpc) is 3.70. The van der Waals surface area contributed by atoms with Crippen LogP contribution in [0.2, 0.25) is 0 Å². The maximum absolute atomic E-state index is 15.6. The Hall–Kier alpha value is -4.25. The van der Waals surface area contributed by atoms with Crippen molar-refractivity contribution in [3.63, 3.8) is 0 Å². The van der Waals surface area contributed by atoms with Crippen molar-refractivity contribution < 1.29 is 23.4 Å². The molecule has 11 heteroatoms. The Bertz CT molecular complexity index is 1970. The fourth-order valence-electron chi connectivity index (χ4n) is 6.56. The van der Waals surface area contributed by atoms with E-state index in [0.717, 1.165) is 36.1 Å². The minimum absolute atomic E-state index is 0.0105. The molecule has 1 unspecified atom stereocenters. The van der Waals surface area contributed by atoms with Crippen LogP contribution in [0.3, 0.4) is 0 Å². The second-order valence-corrected chi connectivity index (χ2v) is 15.0. The number of rotatable bonds is 4. The fourth-order valence-corrected chi connectivity index (χ4v) is 7.75. The number of hydrogen-bond donors (Lipinski definition) is 2. The molecule has 0 saturated carbocycles. The molecular weight excluding hydrogens is 633 g/mol. The number of carboxylic acids is 1. The van der Waals surface area contributed by atoms with Gasteiger partial charge in [-0.2, -0.15) is 21.3 Å². The molecule has 6 rings (SSSR count). The summed E-state index contributed by atoms with van der Waals surface area (Å²) >= 11 is 1.79. The predicted molar refractivity (Wildman–Crippen MR) is 185 cm³/mol. The molecule has 0 amide bonds. The molecule has 4 bridgehead atoms. The number of halogens is 2. The van der Waals surface area contributed by atoms with Crippen LogP contribution in [0.25, 0.3) is 22.4 Å². The summed E-state index contributed by atoms with van der Waals surface area (Å²) in [5.74, 6) is -0.437. The second-order valence-electron chi connectivity index (χ2n) is 13.9. The first-order valence-corrected chi connectivity index (χ1v) is 17.4. The Morgan fingerprint density at radius 1 is 1.15 bits per heavy atom. The molecule has 2 aromatic carbocycles. The van der Waals surface area contributed by atoms with Crippen LogP contribution in [-0.4, -0.2) is 47.3 Å². The molecule has 5 aromatic rings. The lowest BCUT2D eigenvalue weighted by Gasteiger charge is -2.31. The van der Waals surface area contributed by atoms with Gasteiger partial charge in [0.1, 0.15) is 11.4 Å². The average molecular weight is 674 g/mol. The number of aryl methyl sites for hydroxylation is 2. The number of aromatic nitrogens is 5. The molecule has 2 N–H and O–H groups in total. The number of H-pyrrole nitrogens is 1. The van der Waals surface area contributed by atoms with Crippen LogP contribution in [0.15, 0.2) is 54.9 Å². The van der Waals surface area contributed by atoms with E-state index < -0.39 is 28.9 Å². The molecule has 1 aliphatic rings. The number of hydrogen-bond acceptors (Lipinski definition) is 6. The van der Waals surface area contributed by atoms with Crippen molar-refractivity contribution in [1.29, 1.82) is 0 Å². The zero-order valence-corrected chi connectivity index (χ0v) is 28.8. The van der Waals surface area contributed by atoms with Gasteiger partial charge in [0.2, 0.25) is 5.82 Å². The molecule has 252 valence electrons. The summed E-state index contributed by atoms with van der Waals surface area (Å²) in [6.07, 6.45) is 6.74. The van der Waals surface area contributed by atoms with Crippen molar-refractivity contribution in [3.8, 4) is 23.0 Å². The highest BCUT2D eigenvalue weighted by molar-refractivity contribution is 7.99. The highest BCUT2D eigenvalue weighted by atomic mass is 32.2. The van der Waals surface area contributed by atoms with Crippen molar-refractivity contribution in [2.24, 2.45) is 18.4 Å². The number of ether oxygens (including phenoxy) is 1. The van der Waals surface area contributed by atoms with Gasteiger partial charge >= 0.3 is 5.97 Å². The van der Waals surface area contributed by atoms with Gasteiger partial charge in [-0.3, -0.25) is 9.78 Å². The third-order valence-corrected chi connectivity index (χ3v) is 10.9. The van der Waals surface area contributed by atoms with Crippen LogP contribution in [0.5, 0.6) is 11.5 Å². The van der Waals surface area contributed by atoms with E-state index in [2.05, 4.69) is 42.9 Å². The van der Waals surface area contributed by atoms with Crippen molar-refractivity contribution >= 4 is 28.6 Å². The van der Waals surface area contributed by atoms with Gasteiger partial charge in [0.05, 0.1) is 16.8 Å². The lowest BCUT2D eigenvalue weighted by Crippen LogP contribution is -2.27. The summed E-state index contributed by atoms with van der Waals surface area (Å²) in [6, 6.07) is 13.1. The van der Waals surface area contributed by atoms with E-state index >= 15 is 8.78 Å². The zero-order chi connectivity index (χ0) is 34.2. The lowest BCUT2D eigenvalue weighted by molar-refractivity contribution is -0.141. The number of nitrogens with zero attached hydrogens (tertiary/aromatic N) is 4. The van der Waals surface area contributed by atoms with Crippen LogP contribution in [-0.2, 0) is 30.1 Å². The van der Waals surface area contributed by atoms with Gasteiger partial charge in [-0.05, 0) is 72.8 Å². The molecule has 2 atom stereocenters. The predicted octanol–water partition coefficient (Wildman–Crippen LogP) is 8.48. The van der Waals surface area contributed by atoms with E-state index in [1.54, 1.807) is 54.0 Å². The number of benzene rings is 2. The Morgan fingerprint density at radius 2 is 1.96 bits per heavy atom. The Labute approximate surface area is 283 Å². The highest BCUT2D eigenvalue weighted by Crippen LogP contribution is 2.41. The third kappa shape index (κ3) is 6.70. The van der Waals surface area contributed by atoms with Gasteiger partial charge in [0.25, 0.3) is 0 Å². The molecule has 0 fully saturated rings. The SMILES string of the molecule is CC(Cc1cccc([C@@]2(C)CCCC(C)(C)CSCCc3c(c(F)c(F)c4[nH]ccc34)Oc3ccnc(c3)-c3nc2nn3C)c1)C(=O)O.